The molecule has 8 heteroatoms. The van der Waals surface area contributed by atoms with Crippen molar-refractivity contribution in [1.29, 1.82) is 0 Å². The highest BCUT2D eigenvalue weighted by Gasteiger charge is 2.26. The zero-order chi connectivity index (χ0) is 27.4. The maximum atomic E-state index is 13.0. The second-order valence-electron chi connectivity index (χ2n) is 11.7. The van der Waals surface area contributed by atoms with Crippen molar-refractivity contribution in [3.63, 3.8) is 0 Å². The molecule has 2 fully saturated rings. The molecule has 1 aromatic carbocycles. The van der Waals surface area contributed by atoms with E-state index in [9.17, 15) is 9.59 Å². The van der Waals surface area contributed by atoms with E-state index in [-0.39, 0.29) is 23.7 Å². The first-order valence-electron chi connectivity index (χ1n) is 14.6. The minimum Gasteiger partial charge on any atom is -0.461 e. The Labute approximate surface area is 230 Å². The predicted octanol–water partition coefficient (Wildman–Crippen LogP) is 5.12. The Kier molecular flexibility index (Phi) is 8.82. The number of esters is 1. The molecule has 3 aromatic rings. The van der Waals surface area contributed by atoms with Crippen molar-refractivity contribution in [2.45, 2.75) is 91.0 Å². The number of nitrogens with zero attached hydrogens (tertiary/aromatic N) is 2. The van der Waals surface area contributed by atoms with E-state index in [1.807, 2.05) is 13.0 Å². The fourth-order valence-corrected chi connectivity index (χ4v) is 5.83. The Hall–Kier alpha value is -2.97. The van der Waals surface area contributed by atoms with Gasteiger partial charge < -0.3 is 24.3 Å². The maximum Gasteiger partial charge on any atom is 0.323 e. The van der Waals surface area contributed by atoms with Gasteiger partial charge in [-0.2, -0.15) is 0 Å². The number of aromatic nitrogens is 3. The van der Waals surface area contributed by atoms with Crippen molar-refractivity contribution in [2.75, 3.05) is 13.2 Å². The van der Waals surface area contributed by atoms with E-state index < -0.39 is 0 Å². The van der Waals surface area contributed by atoms with Crippen LogP contribution in [-0.2, 0) is 27.4 Å². The Morgan fingerprint density at radius 1 is 1.18 bits per heavy atom. The minimum atomic E-state index is -0.326. The summed E-state index contributed by atoms with van der Waals surface area (Å²) < 4.78 is 13.8. The number of rotatable bonds is 10. The highest BCUT2D eigenvalue weighted by Crippen LogP contribution is 2.29. The smallest absolute Gasteiger partial charge is 0.323 e. The number of imidazole rings is 1. The van der Waals surface area contributed by atoms with Gasteiger partial charge >= 0.3 is 5.97 Å². The third kappa shape index (κ3) is 6.79. The average molecular weight is 535 g/mol. The molecule has 2 aliphatic rings. The second kappa shape index (κ2) is 12.5. The largest absolute Gasteiger partial charge is 0.461 e. The molecule has 0 bridgehead atoms. The Bertz CT molecular complexity index is 1330. The van der Waals surface area contributed by atoms with Crippen molar-refractivity contribution in [3.8, 4) is 11.4 Å². The second-order valence-corrected chi connectivity index (χ2v) is 11.7. The molecule has 0 radical (unpaired) electrons. The summed E-state index contributed by atoms with van der Waals surface area (Å²) in [6.07, 6.45) is 8.84. The predicted molar refractivity (Wildman–Crippen MR) is 153 cm³/mol. The molecule has 0 amide bonds. The number of carbonyl (C=O) groups excluding carboxylic acids is 1. The fourth-order valence-electron chi connectivity index (χ4n) is 5.83. The van der Waals surface area contributed by atoms with Crippen LogP contribution in [0.2, 0.25) is 0 Å². The summed E-state index contributed by atoms with van der Waals surface area (Å²) in [5, 5.41) is 3.50. The lowest BCUT2D eigenvalue weighted by Crippen LogP contribution is -2.40. The number of aryl methyl sites for hydroxylation is 1. The van der Waals surface area contributed by atoms with Crippen molar-refractivity contribution in [3.05, 3.63) is 51.9 Å². The van der Waals surface area contributed by atoms with Crippen molar-refractivity contribution >= 4 is 17.0 Å². The van der Waals surface area contributed by atoms with Gasteiger partial charge in [-0.25, -0.2) is 4.98 Å². The van der Waals surface area contributed by atoms with Gasteiger partial charge in [0.15, 0.2) is 0 Å². The van der Waals surface area contributed by atoms with Gasteiger partial charge in [-0.1, -0.05) is 19.9 Å². The number of fused-ring (bicyclic) bond motifs is 1. The first-order chi connectivity index (χ1) is 18.9. The molecule has 1 aliphatic carbocycles. The van der Waals surface area contributed by atoms with Gasteiger partial charge in [-0.15, -0.1) is 0 Å². The number of aromatic amines is 1. The summed E-state index contributed by atoms with van der Waals surface area (Å²) in [6.45, 7) is 9.08. The number of hydrogen-bond acceptors (Lipinski definition) is 6. The SMILES string of the molecule is Cc1cc(-c2nc3ccc(CNC(CC(C)C)C(=O)OC4CCCC4)cc3n2CC2CCOCC2)c[nH]c1=O. The van der Waals surface area contributed by atoms with Crippen LogP contribution in [0.4, 0.5) is 0 Å². The molecule has 5 rings (SSSR count). The molecular formula is C31H42N4O4. The Balaban J connectivity index is 1.41. The summed E-state index contributed by atoms with van der Waals surface area (Å²) in [7, 11) is 0. The first kappa shape index (κ1) is 27.6. The molecule has 0 spiro atoms. The van der Waals surface area contributed by atoms with Gasteiger partial charge in [0.25, 0.3) is 5.56 Å². The Morgan fingerprint density at radius 2 is 1.95 bits per heavy atom. The van der Waals surface area contributed by atoms with Crippen molar-refractivity contribution < 1.29 is 14.3 Å². The van der Waals surface area contributed by atoms with E-state index >= 15 is 0 Å². The third-order valence-corrected chi connectivity index (χ3v) is 8.07. The number of pyridine rings is 1. The van der Waals surface area contributed by atoms with Gasteiger partial charge in [-0.3, -0.25) is 9.59 Å². The van der Waals surface area contributed by atoms with Crippen LogP contribution in [0.3, 0.4) is 0 Å². The molecule has 3 heterocycles. The lowest BCUT2D eigenvalue weighted by molar-refractivity contribution is -0.151. The molecule has 2 N–H and O–H groups in total. The zero-order valence-electron chi connectivity index (χ0n) is 23.5. The van der Waals surface area contributed by atoms with Crippen LogP contribution >= 0.6 is 0 Å². The zero-order valence-corrected chi connectivity index (χ0v) is 23.5. The average Bonchev–Trinajstić information content (AvgIpc) is 3.56. The molecular weight excluding hydrogens is 492 g/mol. The quantitative estimate of drug-likeness (QED) is 0.351. The number of H-pyrrole nitrogens is 1. The van der Waals surface area contributed by atoms with E-state index in [0.717, 1.165) is 92.7 Å². The van der Waals surface area contributed by atoms with Crippen LogP contribution in [-0.4, -0.2) is 45.9 Å². The number of carbonyl (C=O) groups is 1. The van der Waals surface area contributed by atoms with E-state index in [2.05, 4.69) is 46.9 Å². The van der Waals surface area contributed by atoms with Crippen LogP contribution in [0.5, 0.6) is 0 Å². The van der Waals surface area contributed by atoms with E-state index in [4.69, 9.17) is 14.5 Å². The summed E-state index contributed by atoms with van der Waals surface area (Å²) >= 11 is 0. The molecule has 2 aromatic heterocycles. The molecule has 210 valence electrons. The molecule has 1 saturated carbocycles. The van der Waals surface area contributed by atoms with Gasteiger partial charge in [-0.05, 0) is 87.5 Å². The molecule has 8 nitrogen and oxygen atoms in total. The third-order valence-electron chi connectivity index (χ3n) is 8.07. The first-order valence-corrected chi connectivity index (χ1v) is 14.6. The number of nitrogens with one attached hydrogen (secondary N) is 2. The van der Waals surface area contributed by atoms with Crippen LogP contribution in [0.1, 0.15) is 69.9 Å². The monoisotopic (exact) mass is 534 g/mol. The van der Waals surface area contributed by atoms with Gasteiger partial charge in [0.05, 0.1) is 11.0 Å². The van der Waals surface area contributed by atoms with E-state index in [0.29, 0.717) is 23.9 Å². The van der Waals surface area contributed by atoms with Crippen LogP contribution < -0.4 is 10.9 Å². The summed E-state index contributed by atoms with van der Waals surface area (Å²) in [4.78, 5) is 32.9. The lowest BCUT2D eigenvalue weighted by Gasteiger charge is -2.24. The Morgan fingerprint density at radius 3 is 2.67 bits per heavy atom. The summed E-state index contributed by atoms with van der Waals surface area (Å²) in [5.41, 5.74) is 4.57. The van der Waals surface area contributed by atoms with Crippen LogP contribution in [0.15, 0.2) is 35.3 Å². The summed E-state index contributed by atoms with van der Waals surface area (Å²) in [6, 6.07) is 7.91. The van der Waals surface area contributed by atoms with Gasteiger partial charge in [0.1, 0.15) is 18.0 Å². The van der Waals surface area contributed by atoms with Crippen molar-refractivity contribution in [2.24, 2.45) is 11.8 Å². The van der Waals surface area contributed by atoms with Crippen molar-refractivity contribution in [1.82, 2.24) is 19.9 Å². The number of benzene rings is 1. The van der Waals surface area contributed by atoms with Crippen LogP contribution in [0, 0.1) is 18.8 Å². The number of hydrogen-bond donors (Lipinski definition) is 2. The highest BCUT2D eigenvalue weighted by atomic mass is 16.5. The van der Waals surface area contributed by atoms with Gasteiger partial charge in [0, 0.05) is 43.6 Å². The molecule has 1 saturated heterocycles. The summed E-state index contributed by atoms with van der Waals surface area (Å²) in [5.74, 6) is 1.61. The molecule has 1 unspecified atom stereocenters. The normalized spacial score (nSPS) is 17.7. The maximum absolute atomic E-state index is 13.0. The topological polar surface area (TPSA) is 98.2 Å². The highest BCUT2D eigenvalue weighted by molar-refractivity contribution is 5.81. The molecule has 1 atom stereocenters. The molecule has 1 aliphatic heterocycles. The van der Waals surface area contributed by atoms with E-state index in [1.165, 1.54) is 0 Å². The standard InChI is InChI=1S/C31H42N4O4/c1-20(2)14-27(31(37)39-25-6-4-5-7-25)32-17-23-8-9-26-28(16-23)35(19-22-10-12-38-13-11-22)29(34-26)24-15-21(3)30(36)33-18-24/h8-9,15-16,18,20,22,25,27,32H,4-7,10-14,17,19H2,1-3H3,(H,33,36). The fraction of sp³-hybridized carbons (Fsp3) is 0.581. The van der Waals surface area contributed by atoms with Gasteiger partial charge in [0.2, 0.25) is 0 Å². The van der Waals surface area contributed by atoms with Crippen LogP contribution in [0.25, 0.3) is 22.4 Å². The minimum absolute atomic E-state index is 0.0693. The molecule has 39 heavy (non-hydrogen) atoms. The van der Waals surface area contributed by atoms with E-state index in [1.54, 1.807) is 6.20 Å². The lowest BCUT2D eigenvalue weighted by atomic mass is 10.00. The number of ether oxygens (including phenoxy) is 2.